The van der Waals surface area contributed by atoms with Gasteiger partial charge in [-0.25, -0.2) is 0 Å². The summed E-state index contributed by atoms with van der Waals surface area (Å²) in [5, 5.41) is 6.57. The van der Waals surface area contributed by atoms with Crippen molar-refractivity contribution in [2.45, 2.75) is 46.6 Å². The van der Waals surface area contributed by atoms with E-state index < -0.39 is 12.1 Å². The average molecular weight is 330 g/mol. The first kappa shape index (κ1) is 17.7. The van der Waals surface area contributed by atoms with Gasteiger partial charge >= 0.3 is 5.97 Å². The zero-order valence-electron chi connectivity index (χ0n) is 14.4. The number of esters is 1. The molecule has 1 N–H and O–H groups in total. The molecule has 1 aromatic heterocycles. The predicted octanol–water partition coefficient (Wildman–Crippen LogP) is 3.10. The maximum absolute atomic E-state index is 12.1. The van der Waals surface area contributed by atoms with Crippen molar-refractivity contribution in [2.75, 3.05) is 5.32 Å². The van der Waals surface area contributed by atoms with Crippen LogP contribution >= 0.6 is 0 Å². The SMILES string of the molecule is Cc1ccc(NC(=O)[C@H](C)OC(=O)CCc2c(C)noc2C)cc1. The third-order valence-electron chi connectivity index (χ3n) is 3.76. The second-order valence-electron chi connectivity index (χ2n) is 5.79. The number of aryl methyl sites for hydroxylation is 3. The fourth-order valence-electron chi connectivity index (χ4n) is 2.28. The summed E-state index contributed by atoms with van der Waals surface area (Å²) in [6, 6.07) is 7.41. The van der Waals surface area contributed by atoms with E-state index in [1.54, 1.807) is 26.0 Å². The summed E-state index contributed by atoms with van der Waals surface area (Å²) in [5.41, 5.74) is 3.45. The number of carbonyl (C=O) groups excluding carboxylic acids is 2. The Hall–Kier alpha value is -2.63. The number of carbonyl (C=O) groups is 2. The van der Waals surface area contributed by atoms with Crippen molar-refractivity contribution in [3.8, 4) is 0 Å². The number of nitrogens with one attached hydrogen (secondary N) is 1. The summed E-state index contributed by atoms with van der Waals surface area (Å²) in [7, 11) is 0. The van der Waals surface area contributed by atoms with E-state index >= 15 is 0 Å². The number of benzene rings is 1. The predicted molar refractivity (Wildman–Crippen MR) is 89.7 cm³/mol. The Morgan fingerprint density at radius 2 is 1.88 bits per heavy atom. The lowest BCUT2D eigenvalue weighted by atomic mass is 10.1. The van der Waals surface area contributed by atoms with E-state index in [9.17, 15) is 9.59 Å². The largest absolute Gasteiger partial charge is 0.453 e. The second-order valence-corrected chi connectivity index (χ2v) is 5.79. The number of anilines is 1. The molecular formula is C18H22N2O4. The number of hydrogen-bond acceptors (Lipinski definition) is 5. The Kier molecular flexibility index (Phi) is 5.73. The molecule has 0 fully saturated rings. The van der Waals surface area contributed by atoms with Gasteiger partial charge < -0.3 is 14.6 Å². The van der Waals surface area contributed by atoms with Crippen LogP contribution < -0.4 is 5.32 Å². The molecule has 0 aliphatic heterocycles. The lowest BCUT2D eigenvalue weighted by Crippen LogP contribution is -2.30. The maximum Gasteiger partial charge on any atom is 0.306 e. The van der Waals surface area contributed by atoms with E-state index in [1.807, 2.05) is 26.0 Å². The van der Waals surface area contributed by atoms with Gasteiger partial charge in [0.25, 0.3) is 5.91 Å². The summed E-state index contributed by atoms with van der Waals surface area (Å²) in [6.45, 7) is 7.15. The minimum absolute atomic E-state index is 0.172. The van der Waals surface area contributed by atoms with Gasteiger partial charge in [-0.3, -0.25) is 9.59 Å². The van der Waals surface area contributed by atoms with Gasteiger partial charge in [-0.05, 0) is 46.2 Å². The molecule has 1 amide bonds. The smallest absolute Gasteiger partial charge is 0.306 e. The van der Waals surface area contributed by atoms with Gasteiger partial charge in [0.05, 0.1) is 5.69 Å². The molecule has 24 heavy (non-hydrogen) atoms. The number of rotatable bonds is 6. The van der Waals surface area contributed by atoms with E-state index in [2.05, 4.69) is 10.5 Å². The van der Waals surface area contributed by atoms with Crippen molar-refractivity contribution >= 4 is 17.6 Å². The molecule has 6 heteroatoms. The number of ether oxygens (including phenoxy) is 1. The van der Waals surface area contributed by atoms with Gasteiger partial charge in [-0.2, -0.15) is 0 Å². The maximum atomic E-state index is 12.1. The Labute approximate surface area is 141 Å². The Morgan fingerprint density at radius 1 is 1.21 bits per heavy atom. The lowest BCUT2D eigenvalue weighted by Gasteiger charge is -2.13. The average Bonchev–Trinajstić information content (AvgIpc) is 2.86. The van der Waals surface area contributed by atoms with Crippen LogP contribution in [0.3, 0.4) is 0 Å². The monoisotopic (exact) mass is 330 g/mol. The molecule has 1 aromatic carbocycles. The van der Waals surface area contributed by atoms with Gasteiger partial charge in [0.1, 0.15) is 5.76 Å². The van der Waals surface area contributed by atoms with Gasteiger partial charge in [0.2, 0.25) is 0 Å². The van der Waals surface area contributed by atoms with Crippen LogP contribution in [0.4, 0.5) is 5.69 Å². The van der Waals surface area contributed by atoms with Crippen molar-refractivity contribution in [3.05, 3.63) is 46.8 Å². The van der Waals surface area contributed by atoms with Crippen LogP contribution in [0, 0.1) is 20.8 Å². The van der Waals surface area contributed by atoms with Gasteiger partial charge in [0, 0.05) is 17.7 Å². The van der Waals surface area contributed by atoms with Gasteiger partial charge in [0.15, 0.2) is 6.10 Å². The second kappa shape index (κ2) is 7.77. The summed E-state index contributed by atoms with van der Waals surface area (Å²) in [4.78, 5) is 24.0. The van der Waals surface area contributed by atoms with E-state index in [1.165, 1.54) is 0 Å². The molecule has 128 valence electrons. The van der Waals surface area contributed by atoms with Crippen LogP contribution in [-0.4, -0.2) is 23.1 Å². The quantitative estimate of drug-likeness (QED) is 0.823. The Bertz CT molecular complexity index is 700. The minimum Gasteiger partial charge on any atom is -0.453 e. The van der Waals surface area contributed by atoms with E-state index in [0.717, 1.165) is 16.8 Å². The molecule has 0 saturated carbocycles. The van der Waals surface area contributed by atoms with Crippen molar-refractivity contribution in [3.63, 3.8) is 0 Å². The molecule has 6 nitrogen and oxygen atoms in total. The zero-order valence-corrected chi connectivity index (χ0v) is 14.4. The molecule has 1 heterocycles. The number of aromatic nitrogens is 1. The lowest BCUT2D eigenvalue weighted by molar-refractivity contribution is -0.153. The minimum atomic E-state index is -0.858. The first-order valence-electron chi connectivity index (χ1n) is 7.85. The van der Waals surface area contributed by atoms with Gasteiger partial charge in [-0.1, -0.05) is 22.9 Å². The zero-order chi connectivity index (χ0) is 17.7. The third kappa shape index (κ3) is 4.68. The first-order valence-corrected chi connectivity index (χ1v) is 7.85. The van der Waals surface area contributed by atoms with E-state index in [-0.39, 0.29) is 12.3 Å². The summed E-state index contributed by atoms with van der Waals surface area (Å²) in [6.07, 6.45) is -0.208. The number of nitrogens with zero attached hydrogens (tertiary/aromatic N) is 1. The first-order chi connectivity index (χ1) is 11.4. The fourth-order valence-corrected chi connectivity index (χ4v) is 2.28. The number of hydrogen-bond donors (Lipinski definition) is 1. The van der Waals surface area contributed by atoms with Crippen LogP contribution in [0.2, 0.25) is 0 Å². The molecule has 2 rings (SSSR count). The van der Waals surface area contributed by atoms with Crippen LogP contribution in [-0.2, 0) is 20.7 Å². The molecule has 0 spiro atoms. The van der Waals surface area contributed by atoms with Crippen LogP contribution in [0.5, 0.6) is 0 Å². The molecule has 0 aliphatic carbocycles. The van der Waals surface area contributed by atoms with Crippen molar-refractivity contribution in [2.24, 2.45) is 0 Å². The van der Waals surface area contributed by atoms with Gasteiger partial charge in [-0.15, -0.1) is 0 Å². The molecule has 0 saturated heterocycles. The molecule has 0 radical (unpaired) electrons. The highest BCUT2D eigenvalue weighted by Gasteiger charge is 2.19. The molecule has 0 unspecified atom stereocenters. The molecule has 1 atom stereocenters. The molecule has 0 bridgehead atoms. The highest BCUT2D eigenvalue weighted by atomic mass is 16.5. The molecule has 2 aromatic rings. The van der Waals surface area contributed by atoms with E-state index in [4.69, 9.17) is 9.26 Å². The molecule has 0 aliphatic rings. The topological polar surface area (TPSA) is 81.4 Å². The summed E-state index contributed by atoms with van der Waals surface area (Å²) >= 11 is 0. The van der Waals surface area contributed by atoms with Crippen molar-refractivity contribution in [1.82, 2.24) is 5.16 Å². The summed E-state index contributed by atoms with van der Waals surface area (Å²) in [5.74, 6) is -0.0865. The van der Waals surface area contributed by atoms with Crippen LogP contribution in [0.25, 0.3) is 0 Å². The summed E-state index contributed by atoms with van der Waals surface area (Å²) < 4.78 is 10.2. The number of amides is 1. The van der Waals surface area contributed by atoms with Crippen molar-refractivity contribution < 1.29 is 18.8 Å². The highest BCUT2D eigenvalue weighted by molar-refractivity contribution is 5.95. The van der Waals surface area contributed by atoms with Crippen LogP contribution in [0.1, 0.15) is 35.9 Å². The molecular weight excluding hydrogens is 308 g/mol. The van der Waals surface area contributed by atoms with E-state index in [0.29, 0.717) is 17.9 Å². The fraction of sp³-hybridized carbons (Fsp3) is 0.389. The standard InChI is InChI=1S/C18H22N2O4/c1-11-5-7-15(8-6-11)19-18(22)14(4)23-17(21)10-9-16-12(2)20-24-13(16)3/h5-8,14H,9-10H2,1-4H3,(H,19,22)/t14-/m0/s1. The normalized spacial score (nSPS) is 11.8. The Balaban J connectivity index is 1.82. The van der Waals surface area contributed by atoms with Crippen LogP contribution in [0.15, 0.2) is 28.8 Å². The Morgan fingerprint density at radius 3 is 2.46 bits per heavy atom. The third-order valence-corrected chi connectivity index (χ3v) is 3.76. The van der Waals surface area contributed by atoms with Crippen molar-refractivity contribution in [1.29, 1.82) is 0 Å². The highest BCUT2D eigenvalue weighted by Crippen LogP contribution is 2.15.